The van der Waals surface area contributed by atoms with E-state index in [1.807, 2.05) is 11.8 Å². The van der Waals surface area contributed by atoms with Gasteiger partial charge < -0.3 is 15.0 Å². The van der Waals surface area contributed by atoms with E-state index in [1.165, 1.54) is 6.07 Å². The minimum absolute atomic E-state index is 0.189. The molecule has 0 aliphatic carbocycles. The number of H-pyrrole nitrogens is 1. The van der Waals surface area contributed by atoms with Crippen molar-refractivity contribution < 1.29 is 9.90 Å². The van der Waals surface area contributed by atoms with E-state index >= 15 is 0 Å². The van der Waals surface area contributed by atoms with Crippen LogP contribution in [0.2, 0.25) is 0 Å². The number of aromatic nitrogens is 2. The van der Waals surface area contributed by atoms with Gasteiger partial charge in [-0.25, -0.2) is 4.98 Å². The molecule has 2 rings (SSSR count). The lowest BCUT2D eigenvalue weighted by Gasteiger charge is -2.16. The zero-order valence-corrected chi connectivity index (χ0v) is 9.64. The summed E-state index contributed by atoms with van der Waals surface area (Å²) in [5, 5.41) is 8.92. The third-order valence-electron chi connectivity index (χ3n) is 2.97. The fourth-order valence-corrected chi connectivity index (χ4v) is 1.99. The highest BCUT2D eigenvalue weighted by Gasteiger charge is 2.28. The SMILES string of the molecule is CCc1nc(N2CCC(C(=O)O)C2)cc(=O)[nH]1. The lowest BCUT2D eigenvalue weighted by Crippen LogP contribution is -2.25. The first kappa shape index (κ1) is 11.6. The van der Waals surface area contributed by atoms with Gasteiger partial charge in [0.25, 0.3) is 5.56 Å². The van der Waals surface area contributed by atoms with Gasteiger partial charge in [-0.3, -0.25) is 9.59 Å². The summed E-state index contributed by atoms with van der Waals surface area (Å²) in [7, 11) is 0. The molecule has 0 aromatic carbocycles. The predicted octanol–water partition coefficient (Wildman–Crippen LogP) is 0.243. The lowest BCUT2D eigenvalue weighted by molar-refractivity contribution is -0.140. The topological polar surface area (TPSA) is 86.3 Å². The Bertz CT molecular complexity index is 483. The Balaban J connectivity index is 2.21. The molecule has 0 bridgehead atoms. The number of rotatable bonds is 3. The van der Waals surface area contributed by atoms with Crippen molar-refractivity contribution in [2.24, 2.45) is 5.92 Å². The molecule has 1 atom stereocenters. The van der Waals surface area contributed by atoms with Gasteiger partial charge in [0.1, 0.15) is 11.6 Å². The van der Waals surface area contributed by atoms with E-state index < -0.39 is 5.97 Å². The molecule has 0 spiro atoms. The molecule has 1 aromatic heterocycles. The van der Waals surface area contributed by atoms with Gasteiger partial charge in [-0.1, -0.05) is 6.92 Å². The monoisotopic (exact) mass is 237 g/mol. The van der Waals surface area contributed by atoms with Crippen LogP contribution in [0.4, 0.5) is 5.82 Å². The first-order chi connectivity index (χ1) is 8.10. The number of hydrogen-bond acceptors (Lipinski definition) is 4. The quantitative estimate of drug-likeness (QED) is 0.786. The third kappa shape index (κ3) is 2.46. The molecule has 2 heterocycles. The molecular formula is C11H15N3O3. The van der Waals surface area contributed by atoms with Crippen LogP contribution >= 0.6 is 0 Å². The number of nitrogens with one attached hydrogen (secondary N) is 1. The predicted molar refractivity (Wildman–Crippen MR) is 62.2 cm³/mol. The standard InChI is InChI=1S/C11H15N3O3/c1-2-8-12-9(5-10(15)13-8)14-4-3-7(6-14)11(16)17/h5,7H,2-4,6H2,1H3,(H,16,17)(H,12,13,15). The van der Waals surface area contributed by atoms with E-state index in [2.05, 4.69) is 9.97 Å². The molecule has 1 aliphatic rings. The highest BCUT2D eigenvalue weighted by molar-refractivity contribution is 5.71. The van der Waals surface area contributed by atoms with Crippen molar-refractivity contribution in [3.63, 3.8) is 0 Å². The number of aryl methyl sites for hydroxylation is 1. The van der Waals surface area contributed by atoms with Gasteiger partial charge >= 0.3 is 5.97 Å². The number of anilines is 1. The maximum Gasteiger partial charge on any atom is 0.308 e. The molecule has 1 fully saturated rings. The van der Waals surface area contributed by atoms with Gasteiger partial charge in [-0.05, 0) is 6.42 Å². The molecule has 6 nitrogen and oxygen atoms in total. The Morgan fingerprint density at radius 2 is 2.47 bits per heavy atom. The summed E-state index contributed by atoms with van der Waals surface area (Å²) in [6.45, 7) is 2.97. The largest absolute Gasteiger partial charge is 0.481 e. The third-order valence-corrected chi connectivity index (χ3v) is 2.97. The van der Waals surface area contributed by atoms with Gasteiger partial charge in [0, 0.05) is 25.6 Å². The maximum absolute atomic E-state index is 11.4. The van der Waals surface area contributed by atoms with Gasteiger partial charge in [-0.15, -0.1) is 0 Å². The summed E-state index contributed by atoms with van der Waals surface area (Å²) in [5.74, 6) is 0.0647. The van der Waals surface area contributed by atoms with Crippen molar-refractivity contribution in [3.8, 4) is 0 Å². The van der Waals surface area contributed by atoms with Crippen LogP contribution in [0.15, 0.2) is 10.9 Å². The van der Waals surface area contributed by atoms with Crippen molar-refractivity contribution in [1.29, 1.82) is 0 Å². The summed E-state index contributed by atoms with van der Waals surface area (Å²) in [5.41, 5.74) is -0.189. The van der Waals surface area contributed by atoms with Gasteiger partial charge in [0.15, 0.2) is 0 Å². The fourth-order valence-electron chi connectivity index (χ4n) is 1.99. The van der Waals surface area contributed by atoms with E-state index in [0.29, 0.717) is 37.6 Å². The van der Waals surface area contributed by atoms with Crippen LogP contribution in [0.3, 0.4) is 0 Å². The number of carboxylic acids is 1. The number of carboxylic acid groups (broad SMARTS) is 1. The van der Waals surface area contributed by atoms with E-state index in [9.17, 15) is 9.59 Å². The van der Waals surface area contributed by atoms with Crippen LogP contribution in [0.1, 0.15) is 19.2 Å². The lowest BCUT2D eigenvalue weighted by atomic mass is 10.1. The molecule has 17 heavy (non-hydrogen) atoms. The number of hydrogen-bond donors (Lipinski definition) is 2. The zero-order chi connectivity index (χ0) is 12.4. The van der Waals surface area contributed by atoms with Crippen LogP contribution in [-0.4, -0.2) is 34.1 Å². The number of nitrogens with zero attached hydrogens (tertiary/aromatic N) is 2. The van der Waals surface area contributed by atoms with Crippen LogP contribution < -0.4 is 10.5 Å². The Morgan fingerprint density at radius 1 is 1.71 bits per heavy atom. The van der Waals surface area contributed by atoms with Crippen LogP contribution in [-0.2, 0) is 11.2 Å². The Kier molecular flexibility index (Phi) is 3.12. The average molecular weight is 237 g/mol. The second kappa shape index (κ2) is 4.57. The van der Waals surface area contributed by atoms with Crippen molar-refractivity contribution in [2.75, 3.05) is 18.0 Å². The molecule has 0 saturated carbocycles. The summed E-state index contributed by atoms with van der Waals surface area (Å²) < 4.78 is 0. The Morgan fingerprint density at radius 3 is 3.06 bits per heavy atom. The summed E-state index contributed by atoms with van der Waals surface area (Å²) >= 11 is 0. The number of aliphatic carboxylic acids is 1. The number of carbonyl (C=O) groups is 1. The molecule has 0 amide bonds. The van der Waals surface area contributed by atoms with Crippen molar-refractivity contribution in [3.05, 3.63) is 22.2 Å². The molecule has 1 aromatic rings. The summed E-state index contributed by atoms with van der Waals surface area (Å²) in [6.07, 6.45) is 1.25. The molecular weight excluding hydrogens is 222 g/mol. The van der Waals surface area contributed by atoms with Crippen molar-refractivity contribution in [1.82, 2.24) is 9.97 Å². The molecule has 1 aliphatic heterocycles. The molecule has 92 valence electrons. The fraction of sp³-hybridized carbons (Fsp3) is 0.545. The maximum atomic E-state index is 11.4. The van der Waals surface area contributed by atoms with Crippen LogP contribution in [0.5, 0.6) is 0 Å². The van der Waals surface area contributed by atoms with Gasteiger partial charge in [-0.2, -0.15) is 0 Å². The molecule has 1 saturated heterocycles. The van der Waals surface area contributed by atoms with E-state index in [4.69, 9.17) is 5.11 Å². The minimum atomic E-state index is -0.784. The first-order valence-corrected chi connectivity index (χ1v) is 5.68. The first-order valence-electron chi connectivity index (χ1n) is 5.68. The van der Waals surface area contributed by atoms with Crippen molar-refractivity contribution >= 4 is 11.8 Å². The van der Waals surface area contributed by atoms with Crippen LogP contribution in [0, 0.1) is 5.92 Å². The normalized spacial score (nSPS) is 19.6. The molecule has 6 heteroatoms. The Labute approximate surface area is 98.3 Å². The zero-order valence-electron chi connectivity index (χ0n) is 9.64. The van der Waals surface area contributed by atoms with Crippen molar-refractivity contribution in [2.45, 2.75) is 19.8 Å². The highest BCUT2D eigenvalue weighted by atomic mass is 16.4. The molecule has 0 radical (unpaired) electrons. The highest BCUT2D eigenvalue weighted by Crippen LogP contribution is 2.21. The van der Waals surface area contributed by atoms with Gasteiger partial charge in [0.2, 0.25) is 0 Å². The average Bonchev–Trinajstić information content (AvgIpc) is 2.77. The minimum Gasteiger partial charge on any atom is -0.481 e. The van der Waals surface area contributed by atoms with E-state index in [1.54, 1.807) is 0 Å². The summed E-state index contributed by atoms with van der Waals surface area (Å²) in [4.78, 5) is 31.1. The summed E-state index contributed by atoms with van der Waals surface area (Å²) in [6, 6.07) is 1.42. The molecule has 2 N–H and O–H groups in total. The smallest absolute Gasteiger partial charge is 0.308 e. The van der Waals surface area contributed by atoms with Crippen LogP contribution in [0.25, 0.3) is 0 Å². The second-order valence-electron chi connectivity index (χ2n) is 4.17. The number of aromatic amines is 1. The Hall–Kier alpha value is -1.85. The van der Waals surface area contributed by atoms with E-state index in [-0.39, 0.29) is 11.5 Å². The van der Waals surface area contributed by atoms with E-state index in [0.717, 1.165) is 0 Å². The second-order valence-corrected chi connectivity index (χ2v) is 4.17. The van der Waals surface area contributed by atoms with Gasteiger partial charge in [0.05, 0.1) is 5.92 Å². The molecule has 1 unspecified atom stereocenters.